The van der Waals surface area contributed by atoms with E-state index in [1.807, 2.05) is 48.5 Å². The van der Waals surface area contributed by atoms with Crippen molar-refractivity contribution in [2.24, 2.45) is 0 Å². The number of para-hydroxylation sites is 2. The smallest absolute Gasteiger partial charge is 0.251 e. The van der Waals surface area contributed by atoms with Gasteiger partial charge in [-0.1, -0.05) is 24.3 Å². The molecule has 0 radical (unpaired) electrons. The van der Waals surface area contributed by atoms with Crippen LogP contribution in [0.3, 0.4) is 0 Å². The molecule has 0 fully saturated rings. The first kappa shape index (κ1) is 13.2. The third-order valence-electron chi connectivity index (χ3n) is 3.10. The first-order valence-corrected chi connectivity index (χ1v) is 6.43. The summed E-state index contributed by atoms with van der Waals surface area (Å²) < 4.78 is 16.4. The fourth-order valence-electron chi connectivity index (χ4n) is 2.08. The average Bonchev–Trinajstić information content (AvgIpc) is 3.04. The largest absolute Gasteiger partial charge is 0.496 e. The van der Waals surface area contributed by atoms with E-state index in [9.17, 15) is 0 Å². The van der Waals surface area contributed by atoms with Crippen LogP contribution in [0.4, 0.5) is 0 Å². The molecule has 0 aliphatic heterocycles. The molecule has 1 aromatic heterocycles. The van der Waals surface area contributed by atoms with Gasteiger partial charge >= 0.3 is 0 Å². The van der Waals surface area contributed by atoms with Crippen LogP contribution < -0.4 is 9.47 Å². The van der Waals surface area contributed by atoms with E-state index in [-0.39, 0.29) is 0 Å². The molecule has 0 saturated carbocycles. The Hall–Kier alpha value is -2.82. The summed E-state index contributed by atoms with van der Waals surface area (Å²) in [4.78, 5) is 0. The predicted molar refractivity (Wildman–Crippen MR) is 78.3 cm³/mol. The lowest BCUT2D eigenvalue weighted by atomic mass is 10.2. The summed E-state index contributed by atoms with van der Waals surface area (Å²) in [5.41, 5.74) is 1.52. The third-order valence-corrected chi connectivity index (χ3v) is 3.10. The van der Waals surface area contributed by atoms with Crippen LogP contribution in [0.5, 0.6) is 11.5 Å². The summed E-state index contributed by atoms with van der Waals surface area (Å²) >= 11 is 0. The molecule has 3 aromatic rings. The minimum absolute atomic E-state index is 0.411. The molecule has 0 aliphatic carbocycles. The second-order valence-electron chi connectivity index (χ2n) is 4.31. The van der Waals surface area contributed by atoms with Crippen molar-refractivity contribution in [3.63, 3.8) is 0 Å². The zero-order valence-electron chi connectivity index (χ0n) is 11.7. The number of rotatable bonds is 4. The highest BCUT2D eigenvalue weighted by Crippen LogP contribution is 2.33. The van der Waals surface area contributed by atoms with Crippen LogP contribution in [0.15, 0.2) is 52.9 Å². The Labute approximate surface area is 122 Å². The molecule has 0 saturated heterocycles. The molecule has 0 N–H and O–H groups in total. The van der Waals surface area contributed by atoms with Crippen LogP contribution in [0.25, 0.3) is 22.9 Å². The molecule has 0 atom stereocenters. The second kappa shape index (κ2) is 5.66. The second-order valence-corrected chi connectivity index (χ2v) is 4.31. The van der Waals surface area contributed by atoms with Crippen LogP contribution in [-0.4, -0.2) is 24.4 Å². The zero-order valence-corrected chi connectivity index (χ0v) is 11.7. The summed E-state index contributed by atoms with van der Waals surface area (Å²) in [5.74, 6) is 2.20. The van der Waals surface area contributed by atoms with Gasteiger partial charge in [-0.3, -0.25) is 0 Å². The lowest BCUT2D eigenvalue weighted by Gasteiger charge is -2.04. The molecule has 5 nitrogen and oxygen atoms in total. The van der Waals surface area contributed by atoms with Gasteiger partial charge in [0.15, 0.2) is 0 Å². The molecule has 5 heteroatoms. The maximum atomic E-state index is 5.76. The Morgan fingerprint density at radius 3 is 1.57 bits per heavy atom. The number of methoxy groups -OCH3 is 2. The van der Waals surface area contributed by atoms with Crippen LogP contribution >= 0.6 is 0 Å². The molecular weight excluding hydrogens is 268 g/mol. The Kier molecular flexibility index (Phi) is 3.55. The van der Waals surface area contributed by atoms with Gasteiger partial charge in [-0.15, -0.1) is 10.2 Å². The highest BCUT2D eigenvalue weighted by molar-refractivity contribution is 5.66. The fourth-order valence-corrected chi connectivity index (χ4v) is 2.08. The van der Waals surface area contributed by atoms with E-state index in [1.165, 1.54) is 0 Å². The van der Waals surface area contributed by atoms with Crippen molar-refractivity contribution in [2.45, 2.75) is 0 Å². The average molecular weight is 282 g/mol. The fraction of sp³-hybridized carbons (Fsp3) is 0.125. The van der Waals surface area contributed by atoms with Crippen LogP contribution in [-0.2, 0) is 0 Å². The zero-order chi connectivity index (χ0) is 14.7. The maximum absolute atomic E-state index is 5.76. The van der Waals surface area contributed by atoms with E-state index in [4.69, 9.17) is 13.9 Å². The Morgan fingerprint density at radius 2 is 1.14 bits per heavy atom. The summed E-state index contributed by atoms with van der Waals surface area (Å²) in [6.45, 7) is 0. The van der Waals surface area contributed by atoms with Gasteiger partial charge in [0.05, 0.1) is 25.3 Å². The molecular formula is C16H14N2O3. The van der Waals surface area contributed by atoms with Gasteiger partial charge in [-0.05, 0) is 24.3 Å². The van der Waals surface area contributed by atoms with Crippen LogP contribution in [0.2, 0.25) is 0 Å². The van der Waals surface area contributed by atoms with Gasteiger partial charge in [-0.2, -0.15) is 0 Å². The van der Waals surface area contributed by atoms with Crippen LogP contribution in [0, 0.1) is 0 Å². The van der Waals surface area contributed by atoms with E-state index in [2.05, 4.69) is 10.2 Å². The van der Waals surface area contributed by atoms with Crippen molar-refractivity contribution >= 4 is 0 Å². The van der Waals surface area contributed by atoms with E-state index >= 15 is 0 Å². The van der Waals surface area contributed by atoms with Crippen molar-refractivity contribution in [2.75, 3.05) is 14.2 Å². The molecule has 1 heterocycles. The first-order chi connectivity index (χ1) is 10.3. The molecule has 0 aliphatic rings. The minimum atomic E-state index is 0.411. The summed E-state index contributed by atoms with van der Waals surface area (Å²) in [7, 11) is 3.21. The lowest BCUT2D eigenvalue weighted by molar-refractivity contribution is 0.412. The molecule has 0 spiro atoms. The van der Waals surface area contributed by atoms with Crippen molar-refractivity contribution in [3.8, 4) is 34.4 Å². The van der Waals surface area contributed by atoms with Gasteiger partial charge in [-0.25, -0.2) is 0 Å². The SMILES string of the molecule is COc1ccccc1-c1nnc(-c2ccccc2OC)o1. The molecule has 0 bridgehead atoms. The number of benzene rings is 2. The Bertz CT molecular complexity index is 691. The predicted octanol–water partition coefficient (Wildman–Crippen LogP) is 3.42. The molecule has 2 aromatic carbocycles. The topological polar surface area (TPSA) is 57.4 Å². The van der Waals surface area contributed by atoms with E-state index in [0.717, 1.165) is 11.1 Å². The minimum Gasteiger partial charge on any atom is -0.496 e. The quantitative estimate of drug-likeness (QED) is 0.733. The standard InChI is InChI=1S/C16H14N2O3/c1-19-13-9-5-3-7-11(13)15-17-18-16(21-15)12-8-4-6-10-14(12)20-2/h3-10H,1-2H3. The number of aromatic nitrogens is 2. The van der Waals surface area contributed by atoms with E-state index in [0.29, 0.717) is 23.3 Å². The molecule has 21 heavy (non-hydrogen) atoms. The summed E-state index contributed by atoms with van der Waals surface area (Å²) in [5, 5.41) is 8.19. The van der Waals surface area contributed by atoms with Crippen molar-refractivity contribution in [1.82, 2.24) is 10.2 Å². The highest BCUT2D eigenvalue weighted by atomic mass is 16.5. The molecule has 0 unspecified atom stereocenters. The number of hydrogen-bond donors (Lipinski definition) is 0. The van der Waals surface area contributed by atoms with E-state index in [1.54, 1.807) is 14.2 Å². The van der Waals surface area contributed by atoms with Crippen molar-refractivity contribution in [1.29, 1.82) is 0 Å². The summed E-state index contributed by atoms with van der Waals surface area (Å²) in [6.07, 6.45) is 0. The Balaban J connectivity index is 2.04. The van der Waals surface area contributed by atoms with Gasteiger partial charge in [0.2, 0.25) is 0 Å². The van der Waals surface area contributed by atoms with Crippen molar-refractivity contribution < 1.29 is 13.9 Å². The number of nitrogens with zero attached hydrogens (tertiary/aromatic N) is 2. The van der Waals surface area contributed by atoms with Gasteiger partial charge in [0, 0.05) is 0 Å². The Morgan fingerprint density at radius 1 is 0.714 bits per heavy atom. The van der Waals surface area contributed by atoms with E-state index < -0.39 is 0 Å². The first-order valence-electron chi connectivity index (χ1n) is 6.43. The third kappa shape index (κ3) is 2.45. The van der Waals surface area contributed by atoms with Gasteiger partial charge < -0.3 is 13.9 Å². The van der Waals surface area contributed by atoms with Crippen molar-refractivity contribution in [3.05, 3.63) is 48.5 Å². The van der Waals surface area contributed by atoms with Gasteiger partial charge in [0.1, 0.15) is 11.5 Å². The molecule has 106 valence electrons. The van der Waals surface area contributed by atoms with Gasteiger partial charge in [0.25, 0.3) is 11.8 Å². The number of hydrogen-bond acceptors (Lipinski definition) is 5. The normalized spacial score (nSPS) is 10.4. The monoisotopic (exact) mass is 282 g/mol. The van der Waals surface area contributed by atoms with Crippen LogP contribution in [0.1, 0.15) is 0 Å². The maximum Gasteiger partial charge on any atom is 0.251 e. The lowest BCUT2D eigenvalue weighted by Crippen LogP contribution is -1.87. The molecule has 0 amide bonds. The summed E-state index contributed by atoms with van der Waals surface area (Å²) in [6, 6.07) is 15.0. The highest BCUT2D eigenvalue weighted by Gasteiger charge is 2.16. The molecule has 3 rings (SSSR count). The number of ether oxygens (including phenoxy) is 2.